The maximum absolute atomic E-state index is 14.0. The third kappa shape index (κ3) is 2.67. The predicted octanol–water partition coefficient (Wildman–Crippen LogP) is 1.35. The van der Waals surface area contributed by atoms with E-state index in [0.717, 1.165) is 18.9 Å². The average molecular weight is 312 g/mol. The SMILES string of the molecule is NS(=O)(=O)c1ccc(C(=O)N2CC3CCCC3C2)c(F)c1. The Bertz CT molecular complexity index is 677. The maximum Gasteiger partial charge on any atom is 0.256 e. The first-order valence-electron chi connectivity index (χ1n) is 6.98. The van der Waals surface area contributed by atoms with Crippen molar-refractivity contribution in [2.24, 2.45) is 17.0 Å². The van der Waals surface area contributed by atoms with Crippen LogP contribution < -0.4 is 5.14 Å². The molecule has 2 N–H and O–H groups in total. The number of likely N-dealkylation sites (tertiary alicyclic amines) is 1. The van der Waals surface area contributed by atoms with Crippen LogP contribution in [0.5, 0.6) is 0 Å². The molecular weight excluding hydrogens is 295 g/mol. The zero-order valence-corrected chi connectivity index (χ0v) is 12.3. The molecule has 1 saturated carbocycles. The topological polar surface area (TPSA) is 80.5 Å². The quantitative estimate of drug-likeness (QED) is 0.895. The Kier molecular flexibility index (Phi) is 3.49. The Labute approximate surface area is 123 Å². The highest BCUT2D eigenvalue weighted by molar-refractivity contribution is 7.89. The van der Waals surface area contributed by atoms with E-state index in [1.165, 1.54) is 18.6 Å². The first-order valence-corrected chi connectivity index (χ1v) is 8.52. The molecule has 0 spiro atoms. The summed E-state index contributed by atoms with van der Waals surface area (Å²) < 4.78 is 36.3. The van der Waals surface area contributed by atoms with Crippen LogP contribution in [0.4, 0.5) is 4.39 Å². The van der Waals surface area contributed by atoms with Crippen molar-refractivity contribution in [3.8, 4) is 0 Å². The van der Waals surface area contributed by atoms with Gasteiger partial charge in [0.2, 0.25) is 10.0 Å². The largest absolute Gasteiger partial charge is 0.338 e. The van der Waals surface area contributed by atoms with Crippen LogP contribution in [0.25, 0.3) is 0 Å². The molecule has 21 heavy (non-hydrogen) atoms. The van der Waals surface area contributed by atoms with E-state index in [-0.39, 0.29) is 16.4 Å². The lowest BCUT2D eigenvalue weighted by atomic mass is 10.0. The van der Waals surface area contributed by atoms with E-state index in [2.05, 4.69) is 0 Å². The van der Waals surface area contributed by atoms with Gasteiger partial charge >= 0.3 is 0 Å². The van der Waals surface area contributed by atoms with Crippen molar-refractivity contribution in [1.29, 1.82) is 0 Å². The molecule has 0 bridgehead atoms. The molecule has 1 heterocycles. The summed E-state index contributed by atoms with van der Waals surface area (Å²) in [4.78, 5) is 13.7. The van der Waals surface area contributed by atoms with Crippen LogP contribution in [-0.4, -0.2) is 32.3 Å². The smallest absolute Gasteiger partial charge is 0.256 e. The number of halogens is 1. The summed E-state index contributed by atoms with van der Waals surface area (Å²) in [7, 11) is -3.96. The normalized spacial score (nSPS) is 25.1. The van der Waals surface area contributed by atoms with Gasteiger partial charge in [-0.05, 0) is 42.9 Å². The van der Waals surface area contributed by atoms with Crippen molar-refractivity contribution in [1.82, 2.24) is 4.90 Å². The number of nitrogens with zero attached hydrogens (tertiary/aromatic N) is 1. The number of amides is 1. The van der Waals surface area contributed by atoms with E-state index in [0.29, 0.717) is 24.9 Å². The van der Waals surface area contributed by atoms with Crippen molar-refractivity contribution in [3.05, 3.63) is 29.6 Å². The maximum atomic E-state index is 14.0. The second kappa shape index (κ2) is 5.06. The molecular formula is C14H17FN2O3S. The number of carbonyl (C=O) groups excluding carboxylic acids is 1. The number of hydrogen-bond acceptors (Lipinski definition) is 3. The van der Waals surface area contributed by atoms with Gasteiger partial charge in [-0.1, -0.05) is 6.42 Å². The van der Waals surface area contributed by atoms with Gasteiger partial charge < -0.3 is 4.90 Å². The number of fused-ring (bicyclic) bond motifs is 1. The highest BCUT2D eigenvalue weighted by atomic mass is 32.2. The first kappa shape index (κ1) is 14.5. The van der Waals surface area contributed by atoms with Gasteiger partial charge in [0.1, 0.15) is 5.82 Å². The molecule has 0 radical (unpaired) electrons. The lowest BCUT2D eigenvalue weighted by Gasteiger charge is -2.17. The second-order valence-electron chi connectivity index (χ2n) is 5.85. The predicted molar refractivity (Wildman–Crippen MR) is 74.5 cm³/mol. The minimum absolute atomic E-state index is 0.0950. The van der Waals surface area contributed by atoms with Crippen molar-refractivity contribution in [2.45, 2.75) is 24.2 Å². The summed E-state index contributed by atoms with van der Waals surface area (Å²) in [6, 6.07) is 3.17. The number of benzene rings is 1. The number of nitrogens with two attached hydrogens (primary N) is 1. The Morgan fingerprint density at radius 1 is 1.24 bits per heavy atom. The molecule has 1 aromatic rings. The second-order valence-corrected chi connectivity index (χ2v) is 7.41. The number of primary sulfonamides is 1. The first-order chi connectivity index (χ1) is 9.86. The summed E-state index contributed by atoms with van der Waals surface area (Å²) in [5.74, 6) is -0.159. The molecule has 1 aliphatic carbocycles. The van der Waals surface area contributed by atoms with E-state index in [4.69, 9.17) is 5.14 Å². The van der Waals surface area contributed by atoms with Crippen LogP contribution in [0.1, 0.15) is 29.6 Å². The summed E-state index contributed by atoms with van der Waals surface area (Å²) >= 11 is 0. The van der Waals surface area contributed by atoms with E-state index in [1.54, 1.807) is 4.90 Å². The molecule has 2 atom stereocenters. The van der Waals surface area contributed by atoms with Crippen LogP contribution in [-0.2, 0) is 10.0 Å². The highest BCUT2D eigenvalue weighted by Gasteiger charge is 2.38. The number of hydrogen-bond donors (Lipinski definition) is 1. The van der Waals surface area contributed by atoms with Gasteiger partial charge in [0.25, 0.3) is 5.91 Å². The van der Waals surface area contributed by atoms with E-state index >= 15 is 0 Å². The molecule has 114 valence electrons. The number of sulfonamides is 1. The third-order valence-corrected chi connectivity index (χ3v) is 5.42. The van der Waals surface area contributed by atoms with Gasteiger partial charge in [-0.2, -0.15) is 0 Å². The number of rotatable bonds is 2. The summed E-state index contributed by atoms with van der Waals surface area (Å²) in [6.07, 6.45) is 3.46. The molecule has 1 aliphatic heterocycles. The molecule has 1 saturated heterocycles. The molecule has 2 fully saturated rings. The fraction of sp³-hybridized carbons (Fsp3) is 0.500. The fourth-order valence-electron chi connectivity index (χ4n) is 3.42. The van der Waals surface area contributed by atoms with Crippen LogP contribution >= 0.6 is 0 Å². The fourth-order valence-corrected chi connectivity index (χ4v) is 3.94. The van der Waals surface area contributed by atoms with Gasteiger partial charge in [0.15, 0.2) is 0 Å². The Hall–Kier alpha value is -1.47. The number of carbonyl (C=O) groups is 1. The van der Waals surface area contributed by atoms with E-state index < -0.39 is 15.8 Å². The van der Waals surface area contributed by atoms with Crippen LogP contribution in [0.3, 0.4) is 0 Å². The van der Waals surface area contributed by atoms with Crippen LogP contribution in [0.15, 0.2) is 23.1 Å². The van der Waals surface area contributed by atoms with Gasteiger partial charge in [0.05, 0.1) is 10.5 Å². The van der Waals surface area contributed by atoms with Gasteiger partial charge in [-0.3, -0.25) is 4.79 Å². The highest BCUT2D eigenvalue weighted by Crippen LogP contribution is 2.38. The van der Waals surface area contributed by atoms with Crippen molar-refractivity contribution >= 4 is 15.9 Å². The van der Waals surface area contributed by atoms with Crippen LogP contribution in [0, 0.1) is 17.7 Å². The average Bonchev–Trinajstić information content (AvgIpc) is 2.97. The lowest BCUT2D eigenvalue weighted by molar-refractivity contribution is 0.0776. The molecule has 7 heteroatoms. The van der Waals surface area contributed by atoms with Gasteiger partial charge in [0, 0.05) is 13.1 Å². The molecule has 0 aromatic heterocycles. The molecule has 5 nitrogen and oxygen atoms in total. The minimum atomic E-state index is -3.96. The summed E-state index contributed by atoms with van der Waals surface area (Å²) in [5.41, 5.74) is -0.0950. The Balaban J connectivity index is 1.82. The molecule has 2 aliphatic rings. The molecule has 1 aromatic carbocycles. The van der Waals surface area contributed by atoms with Crippen LogP contribution in [0.2, 0.25) is 0 Å². The third-order valence-electron chi connectivity index (χ3n) is 4.51. The van der Waals surface area contributed by atoms with Crippen molar-refractivity contribution in [3.63, 3.8) is 0 Å². The van der Waals surface area contributed by atoms with Crippen molar-refractivity contribution < 1.29 is 17.6 Å². The summed E-state index contributed by atoms with van der Waals surface area (Å²) in [6.45, 7) is 1.33. The van der Waals surface area contributed by atoms with E-state index in [9.17, 15) is 17.6 Å². The summed E-state index contributed by atoms with van der Waals surface area (Å²) in [5, 5.41) is 4.95. The zero-order valence-electron chi connectivity index (χ0n) is 11.5. The lowest BCUT2D eigenvalue weighted by Crippen LogP contribution is -2.30. The van der Waals surface area contributed by atoms with Crippen molar-refractivity contribution in [2.75, 3.05) is 13.1 Å². The molecule has 1 amide bonds. The minimum Gasteiger partial charge on any atom is -0.338 e. The van der Waals surface area contributed by atoms with Gasteiger partial charge in [-0.15, -0.1) is 0 Å². The van der Waals surface area contributed by atoms with E-state index in [1.807, 2.05) is 0 Å². The standard InChI is InChI=1S/C14H17FN2O3S/c15-13-6-11(21(16,19)20)4-5-12(13)14(18)17-7-9-2-1-3-10(9)8-17/h4-6,9-10H,1-3,7-8H2,(H2,16,19,20). The molecule has 3 rings (SSSR count). The zero-order chi connectivity index (χ0) is 15.2. The van der Waals surface area contributed by atoms with Gasteiger partial charge in [-0.25, -0.2) is 17.9 Å². The monoisotopic (exact) mass is 312 g/mol. The Morgan fingerprint density at radius 3 is 2.38 bits per heavy atom. The Morgan fingerprint density at radius 2 is 1.86 bits per heavy atom. The molecule has 2 unspecified atom stereocenters.